The molecule has 1 aromatic carbocycles. The van der Waals surface area contributed by atoms with Gasteiger partial charge >= 0.3 is 5.97 Å². The Bertz CT molecular complexity index is 731. The number of thiazole rings is 1. The number of hydrogen-bond donors (Lipinski definition) is 1. The average Bonchev–Trinajstić information content (AvgIpc) is 2.74. The molecule has 0 fully saturated rings. The maximum atomic E-state index is 11.2. The summed E-state index contributed by atoms with van der Waals surface area (Å²) in [6.07, 6.45) is 0.388. The Hall–Kier alpha value is -1.63. The molecule has 8 heteroatoms. The van der Waals surface area contributed by atoms with Gasteiger partial charge in [-0.3, -0.25) is 9.59 Å². The van der Waals surface area contributed by atoms with E-state index in [0.29, 0.717) is 26.5 Å². The third-order valence-corrected chi connectivity index (χ3v) is 4.10. The number of halogens is 2. The quantitative estimate of drug-likeness (QED) is 0.840. The first-order valence-corrected chi connectivity index (χ1v) is 7.82. The maximum Gasteiger partial charge on any atom is 0.309 e. The van der Waals surface area contributed by atoms with Gasteiger partial charge in [-0.15, -0.1) is 0 Å². The van der Waals surface area contributed by atoms with Crippen molar-refractivity contribution in [3.8, 4) is 5.88 Å². The minimum absolute atomic E-state index is 0.164. The maximum absolute atomic E-state index is 11.2. The van der Waals surface area contributed by atoms with Crippen LogP contribution in [0.5, 0.6) is 5.88 Å². The first kappa shape index (κ1) is 16.7. The molecule has 0 unspecified atom stereocenters. The number of ether oxygens (including phenoxy) is 1. The van der Waals surface area contributed by atoms with Crippen molar-refractivity contribution in [3.63, 3.8) is 0 Å². The average molecular weight is 359 g/mol. The monoisotopic (exact) mass is 358 g/mol. The summed E-state index contributed by atoms with van der Waals surface area (Å²) in [5.74, 6) is -0.578. The van der Waals surface area contributed by atoms with Crippen LogP contribution in [0.3, 0.4) is 0 Å². The van der Waals surface area contributed by atoms with E-state index in [9.17, 15) is 9.59 Å². The molecule has 0 spiro atoms. The molecule has 1 heterocycles. The lowest BCUT2D eigenvalue weighted by molar-refractivity contribution is -0.132. The summed E-state index contributed by atoms with van der Waals surface area (Å²) in [4.78, 5) is 27.1. The predicted molar refractivity (Wildman–Crippen MR) is 87.0 cm³/mol. The highest BCUT2D eigenvalue weighted by Crippen LogP contribution is 2.33. The van der Waals surface area contributed by atoms with E-state index in [2.05, 4.69) is 10.3 Å². The van der Waals surface area contributed by atoms with Gasteiger partial charge in [-0.25, -0.2) is 0 Å². The number of nitrogens with one attached hydrogen (secondary N) is 1. The fourth-order valence-electron chi connectivity index (χ4n) is 1.72. The van der Waals surface area contributed by atoms with Gasteiger partial charge in [-0.2, -0.15) is 4.98 Å². The number of carbonyl (C=O) groups excluding carboxylic acids is 2. The molecule has 116 valence electrons. The molecule has 5 nitrogen and oxygen atoms in total. The molecule has 0 aliphatic carbocycles. The highest BCUT2D eigenvalue weighted by atomic mass is 35.5. The first-order chi connectivity index (χ1) is 10.3. The highest BCUT2D eigenvalue weighted by Gasteiger charge is 2.17. The molecule has 0 saturated heterocycles. The fraction of sp³-hybridized carbons (Fsp3) is 0.214. The van der Waals surface area contributed by atoms with Crippen molar-refractivity contribution >= 4 is 51.5 Å². The van der Waals surface area contributed by atoms with E-state index in [0.717, 1.165) is 5.56 Å². The van der Waals surface area contributed by atoms with Crippen molar-refractivity contribution in [1.29, 1.82) is 0 Å². The lowest BCUT2D eigenvalue weighted by Gasteiger charge is -2.05. The van der Waals surface area contributed by atoms with Crippen molar-refractivity contribution in [1.82, 2.24) is 4.98 Å². The normalized spacial score (nSPS) is 10.4. The summed E-state index contributed by atoms with van der Waals surface area (Å²) in [6.45, 7) is 2.66. The summed E-state index contributed by atoms with van der Waals surface area (Å²) in [5.41, 5.74) is 0.778. The number of esters is 1. The fourth-order valence-corrected chi connectivity index (χ4v) is 3.06. The molecular weight excluding hydrogens is 347 g/mol. The molecule has 0 radical (unpaired) electrons. The zero-order valence-corrected chi connectivity index (χ0v) is 14.1. The molecule has 1 aromatic heterocycles. The van der Waals surface area contributed by atoms with E-state index in [1.165, 1.54) is 25.2 Å². The second kappa shape index (κ2) is 7.09. The number of carbonyl (C=O) groups is 2. The zero-order chi connectivity index (χ0) is 16.3. The van der Waals surface area contributed by atoms with E-state index in [1.54, 1.807) is 18.2 Å². The molecule has 22 heavy (non-hydrogen) atoms. The molecule has 0 aliphatic rings. The van der Waals surface area contributed by atoms with Crippen molar-refractivity contribution < 1.29 is 14.3 Å². The smallest absolute Gasteiger partial charge is 0.309 e. The van der Waals surface area contributed by atoms with Gasteiger partial charge in [0.15, 0.2) is 5.13 Å². The van der Waals surface area contributed by atoms with E-state index >= 15 is 0 Å². The molecule has 0 bridgehead atoms. The Balaban J connectivity index is 2.35. The van der Waals surface area contributed by atoms with Gasteiger partial charge in [0.2, 0.25) is 11.8 Å². The van der Waals surface area contributed by atoms with Crippen LogP contribution >= 0.6 is 34.5 Å². The molecule has 1 amide bonds. The summed E-state index contributed by atoms with van der Waals surface area (Å²) in [6, 6.07) is 5.12. The highest BCUT2D eigenvalue weighted by molar-refractivity contribution is 7.16. The van der Waals surface area contributed by atoms with E-state index in [-0.39, 0.29) is 11.8 Å². The van der Waals surface area contributed by atoms with Crippen LogP contribution in [0.2, 0.25) is 10.0 Å². The lowest BCUT2D eigenvalue weighted by Crippen LogP contribution is -2.06. The van der Waals surface area contributed by atoms with Gasteiger partial charge in [0.05, 0.1) is 4.88 Å². The summed E-state index contributed by atoms with van der Waals surface area (Å²) < 4.78 is 5.08. The van der Waals surface area contributed by atoms with Crippen LogP contribution in [0.15, 0.2) is 18.2 Å². The number of rotatable bonds is 4. The van der Waals surface area contributed by atoms with Crippen LogP contribution in [0, 0.1) is 0 Å². The summed E-state index contributed by atoms with van der Waals surface area (Å²) in [5, 5.41) is 4.03. The zero-order valence-electron chi connectivity index (χ0n) is 11.8. The molecule has 0 atom stereocenters. The van der Waals surface area contributed by atoms with Gasteiger partial charge in [0.25, 0.3) is 0 Å². The Kier molecular flexibility index (Phi) is 5.39. The second-order valence-electron chi connectivity index (χ2n) is 4.43. The van der Waals surface area contributed by atoms with Crippen molar-refractivity contribution in [3.05, 3.63) is 38.7 Å². The number of nitrogens with zero attached hydrogens (tertiary/aromatic N) is 1. The first-order valence-electron chi connectivity index (χ1n) is 6.25. The number of amides is 1. The molecule has 0 aliphatic heterocycles. The Labute approximate surface area is 141 Å². The van der Waals surface area contributed by atoms with Gasteiger partial charge in [0.1, 0.15) is 0 Å². The predicted octanol–water partition coefficient (Wildman–Crippen LogP) is 3.92. The van der Waals surface area contributed by atoms with Crippen molar-refractivity contribution in [2.45, 2.75) is 20.3 Å². The molecule has 1 N–H and O–H groups in total. The number of hydrogen-bond acceptors (Lipinski definition) is 5. The van der Waals surface area contributed by atoms with Crippen LogP contribution in [0.4, 0.5) is 5.13 Å². The molecule has 2 aromatic rings. The number of anilines is 1. The number of benzene rings is 1. The molecule has 0 saturated carbocycles. The van der Waals surface area contributed by atoms with Gasteiger partial charge < -0.3 is 10.1 Å². The van der Waals surface area contributed by atoms with Crippen molar-refractivity contribution in [2.75, 3.05) is 5.32 Å². The van der Waals surface area contributed by atoms with Crippen LogP contribution in [-0.2, 0) is 16.0 Å². The molecule has 2 rings (SSSR count). The minimum atomic E-state index is -0.488. The minimum Gasteiger partial charge on any atom is -0.406 e. The summed E-state index contributed by atoms with van der Waals surface area (Å²) >= 11 is 13.3. The topological polar surface area (TPSA) is 68.3 Å². The number of aromatic nitrogens is 1. The largest absolute Gasteiger partial charge is 0.406 e. The van der Waals surface area contributed by atoms with Crippen LogP contribution in [0.25, 0.3) is 0 Å². The Morgan fingerprint density at radius 3 is 2.68 bits per heavy atom. The van der Waals surface area contributed by atoms with Gasteiger partial charge in [-0.1, -0.05) is 34.5 Å². The van der Waals surface area contributed by atoms with Crippen molar-refractivity contribution in [2.24, 2.45) is 0 Å². The van der Waals surface area contributed by atoms with Gasteiger partial charge in [-0.05, 0) is 23.8 Å². The second-order valence-corrected chi connectivity index (χ2v) is 6.36. The third kappa shape index (κ3) is 4.43. The third-order valence-electron chi connectivity index (χ3n) is 2.54. The molecular formula is C14H12Cl2N2O3S. The van der Waals surface area contributed by atoms with Crippen LogP contribution < -0.4 is 10.1 Å². The van der Waals surface area contributed by atoms with E-state index in [1.807, 2.05) is 0 Å². The SMILES string of the molecule is CC(=O)Nc1nc(OC(C)=O)c(Cc2cc(Cl)ccc2Cl)s1. The van der Waals surface area contributed by atoms with Gasteiger partial charge in [0, 0.05) is 30.3 Å². The Morgan fingerprint density at radius 2 is 2.05 bits per heavy atom. The van der Waals surface area contributed by atoms with E-state index < -0.39 is 5.97 Å². The van der Waals surface area contributed by atoms with Crippen LogP contribution in [0.1, 0.15) is 24.3 Å². The standard InChI is InChI=1S/C14H12Cl2N2O3S/c1-7(19)17-14-18-13(21-8(2)20)12(22-14)6-9-5-10(15)3-4-11(9)16/h3-5H,6H2,1-2H3,(H,17,18,19). The lowest BCUT2D eigenvalue weighted by atomic mass is 10.1. The summed E-state index contributed by atoms with van der Waals surface area (Å²) in [7, 11) is 0. The van der Waals surface area contributed by atoms with Crippen LogP contribution in [-0.4, -0.2) is 16.9 Å². The van der Waals surface area contributed by atoms with E-state index in [4.69, 9.17) is 27.9 Å². The Morgan fingerprint density at radius 1 is 1.32 bits per heavy atom.